The van der Waals surface area contributed by atoms with E-state index in [0.717, 1.165) is 24.4 Å². The maximum Gasteiger partial charge on any atom is 0.00674 e. The Kier molecular flexibility index (Phi) is 6.37. The molecule has 2 heteroatoms. The highest BCUT2D eigenvalue weighted by Crippen LogP contribution is 2.22. The average Bonchev–Trinajstić information content (AvgIpc) is 2.63. The van der Waals surface area contributed by atoms with Gasteiger partial charge in [-0.05, 0) is 70.5 Å². The van der Waals surface area contributed by atoms with Crippen molar-refractivity contribution in [3.63, 3.8) is 0 Å². The zero-order valence-corrected chi connectivity index (χ0v) is 11.4. The number of likely N-dealkylation sites (tertiary alicyclic amines) is 1. The van der Waals surface area contributed by atoms with Crippen LogP contribution in [0.25, 0.3) is 0 Å². The molecule has 0 amide bonds. The Labute approximate surface area is 102 Å². The van der Waals surface area contributed by atoms with E-state index in [-0.39, 0.29) is 0 Å². The quantitative estimate of drug-likeness (QED) is 0.723. The van der Waals surface area contributed by atoms with Crippen LogP contribution in [0.3, 0.4) is 0 Å². The zero-order valence-electron chi connectivity index (χ0n) is 11.4. The second kappa shape index (κ2) is 7.29. The van der Waals surface area contributed by atoms with Crippen LogP contribution in [0.5, 0.6) is 0 Å². The molecule has 1 fully saturated rings. The number of rotatable bonds is 7. The van der Waals surface area contributed by atoms with Gasteiger partial charge in [-0.25, -0.2) is 0 Å². The van der Waals surface area contributed by atoms with Crippen LogP contribution in [-0.2, 0) is 0 Å². The molecule has 2 unspecified atom stereocenters. The van der Waals surface area contributed by atoms with Gasteiger partial charge in [-0.2, -0.15) is 0 Å². The molecule has 1 heterocycles. The fourth-order valence-corrected chi connectivity index (χ4v) is 2.91. The Hall–Kier alpha value is -0.0800. The summed E-state index contributed by atoms with van der Waals surface area (Å²) in [6.07, 6.45) is 6.71. The van der Waals surface area contributed by atoms with E-state index in [4.69, 9.17) is 5.73 Å². The second-order valence-corrected chi connectivity index (χ2v) is 5.75. The summed E-state index contributed by atoms with van der Waals surface area (Å²) in [5.74, 6) is 1.63. The summed E-state index contributed by atoms with van der Waals surface area (Å²) in [5.41, 5.74) is 5.67. The van der Waals surface area contributed by atoms with Gasteiger partial charge < -0.3 is 10.6 Å². The molecule has 0 aromatic heterocycles. The summed E-state index contributed by atoms with van der Waals surface area (Å²) < 4.78 is 0. The highest BCUT2D eigenvalue weighted by atomic mass is 15.2. The van der Waals surface area contributed by atoms with Gasteiger partial charge in [0.05, 0.1) is 0 Å². The van der Waals surface area contributed by atoms with Crippen molar-refractivity contribution in [1.29, 1.82) is 0 Å². The summed E-state index contributed by atoms with van der Waals surface area (Å²) in [4.78, 5) is 2.65. The molecule has 0 aromatic rings. The van der Waals surface area contributed by atoms with Gasteiger partial charge in [0, 0.05) is 6.04 Å². The normalized spacial score (nSPS) is 24.2. The number of hydrogen-bond acceptors (Lipinski definition) is 2. The smallest absolute Gasteiger partial charge is 0.00674 e. The van der Waals surface area contributed by atoms with Gasteiger partial charge in [-0.1, -0.05) is 13.8 Å². The van der Waals surface area contributed by atoms with Gasteiger partial charge in [0.25, 0.3) is 0 Å². The van der Waals surface area contributed by atoms with Crippen LogP contribution in [0, 0.1) is 11.8 Å². The highest BCUT2D eigenvalue weighted by molar-refractivity contribution is 4.75. The summed E-state index contributed by atoms with van der Waals surface area (Å²) in [6.45, 7) is 10.5. The van der Waals surface area contributed by atoms with E-state index in [1.807, 2.05) is 0 Å². The third-order valence-corrected chi connectivity index (χ3v) is 4.19. The largest absolute Gasteiger partial charge is 0.330 e. The van der Waals surface area contributed by atoms with Gasteiger partial charge >= 0.3 is 0 Å². The molecule has 16 heavy (non-hydrogen) atoms. The minimum atomic E-state index is 0.791. The van der Waals surface area contributed by atoms with Crippen LogP contribution in [-0.4, -0.2) is 30.6 Å². The van der Waals surface area contributed by atoms with Crippen molar-refractivity contribution in [3.8, 4) is 0 Å². The summed E-state index contributed by atoms with van der Waals surface area (Å²) in [6, 6.07) is 0.826. The summed E-state index contributed by atoms with van der Waals surface area (Å²) >= 11 is 0. The van der Waals surface area contributed by atoms with Crippen molar-refractivity contribution >= 4 is 0 Å². The monoisotopic (exact) mass is 226 g/mol. The fraction of sp³-hybridized carbons (Fsp3) is 1.00. The predicted molar refractivity (Wildman–Crippen MR) is 71.5 cm³/mol. The van der Waals surface area contributed by atoms with E-state index in [1.54, 1.807) is 0 Å². The first kappa shape index (κ1) is 14.0. The van der Waals surface area contributed by atoms with E-state index in [2.05, 4.69) is 25.7 Å². The van der Waals surface area contributed by atoms with Gasteiger partial charge in [-0.15, -0.1) is 0 Å². The first-order valence-electron chi connectivity index (χ1n) is 7.09. The molecule has 1 aliphatic heterocycles. The molecule has 2 nitrogen and oxygen atoms in total. The number of hydrogen-bond donors (Lipinski definition) is 1. The lowest BCUT2D eigenvalue weighted by Gasteiger charge is -2.24. The molecule has 0 radical (unpaired) electrons. The predicted octanol–water partition coefficient (Wildman–Crippen LogP) is 2.87. The summed E-state index contributed by atoms with van der Waals surface area (Å²) in [5, 5.41) is 0. The van der Waals surface area contributed by atoms with Crippen LogP contribution in [0.2, 0.25) is 0 Å². The van der Waals surface area contributed by atoms with E-state index in [0.29, 0.717) is 0 Å². The minimum Gasteiger partial charge on any atom is -0.330 e. The molecular formula is C14H30N2. The topological polar surface area (TPSA) is 29.3 Å². The number of nitrogens with zero attached hydrogens (tertiary/aromatic N) is 1. The molecule has 0 bridgehead atoms. The van der Waals surface area contributed by atoms with Crippen molar-refractivity contribution in [2.24, 2.45) is 17.6 Å². The van der Waals surface area contributed by atoms with Gasteiger partial charge in [-0.3, -0.25) is 0 Å². The third-order valence-electron chi connectivity index (χ3n) is 4.19. The molecule has 1 aliphatic rings. The van der Waals surface area contributed by atoms with Crippen LogP contribution >= 0.6 is 0 Å². The Morgan fingerprint density at radius 1 is 1.31 bits per heavy atom. The van der Waals surface area contributed by atoms with Gasteiger partial charge in [0.2, 0.25) is 0 Å². The molecule has 2 atom stereocenters. The standard InChI is InChI=1S/C14H30N2/c1-12(2)14(8-9-15)7-5-11-16-10-4-6-13(16)3/h12-14H,4-11,15H2,1-3H3. The van der Waals surface area contributed by atoms with E-state index < -0.39 is 0 Å². The molecule has 1 rings (SSSR count). The van der Waals surface area contributed by atoms with E-state index in [1.165, 1.54) is 45.2 Å². The maximum atomic E-state index is 5.67. The maximum absolute atomic E-state index is 5.67. The molecule has 0 aliphatic carbocycles. The molecular weight excluding hydrogens is 196 g/mol. The van der Waals surface area contributed by atoms with Crippen molar-refractivity contribution in [1.82, 2.24) is 4.90 Å². The summed E-state index contributed by atoms with van der Waals surface area (Å²) in [7, 11) is 0. The average molecular weight is 226 g/mol. The molecule has 96 valence electrons. The minimum absolute atomic E-state index is 0.791. The van der Waals surface area contributed by atoms with E-state index in [9.17, 15) is 0 Å². The Morgan fingerprint density at radius 3 is 2.56 bits per heavy atom. The zero-order chi connectivity index (χ0) is 12.0. The molecule has 2 N–H and O–H groups in total. The van der Waals surface area contributed by atoms with Crippen molar-refractivity contribution in [2.75, 3.05) is 19.6 Å². The van der Waals surface area contributed by atoms with Crippen molar-refractivity contribution in [2.45, 2.75) is 58.9 Å². The second-order valence-electron chi connectivity index (χ2n) is 5.75. The van der Waals surface area contributed by atoms with Gasteiger partial charge in [0.15, 0.2) is 0 Å². The molecule has 0 spiro atoms. The Bertz CT molecular complexity index is 180. The molecule has 0 aromatic carbocycles. The molecule has 1 saturated heterocycles. The third kappa shape index (κ3) is 4.42. The Morgan fingerprint density at radius 2 is 2.06 bits per heavy atom. The van der Waals surface area contributed by atoms with Crippen molar-refractivity contribution in [3.05, 3.63) is 0 Å². The SMILES string of the molecule is CC(C)C(CCN)CCCN1CCCC1C. The van der Waals surface area contributed by atoms with Crippen LogP contribution in [0.4, 0.5) is 0 Å². The van der Waals surface area contributed by atoms with Crippen LogP contribution in [0.15, 0.2) is 0 Å². The Balaban J connectivity index is 2.17. The van der Waals surface area contributed by atoms with Gasteiger partial charge in [0.1, 0.15) is 0 Å². The lowest BCUT2D eigenvalue weighted by molar-refractivity contribution is 0.243. The lowest BCUT2D eigenvalue weighted by Crippen LogP contribution is -2.28. The van der Waals surface area contributed by atoms with Crippen LogP contribution < -0.4 is 5.73 Å². The fourth-order valence-electron chi connectivity index (χ4n) is 2.91. The first-order chi connectivity index (χ1) is 7.65. The molecule has 0 saturated carbocycles. The number of nitrogens with two attached hydrogens (primary N) is 1. The lowest BCUT2D eigenvalue weighted by atomic mass is 9.88. The van der Waals surface area contributed by atoms with E-state index >= 15 is 0 Å². The van der Waals surface area contributed by atoms with Crippen LogP contribution in [0.1, 0.15) is 52.9 Å². The van der Waals surface area contributed by atoms with Crippen molar-refractivity contribution < 1.29 is 0 Å². The first-order valence-corrected chi connectivity index (χ1v) is 7.09. The highest BCUT2D eigenvalue weighted by Gasteiger charge is 2.20.